The molecule has 3 rings (SSSR count). The first kappa shape index (κ1) is 11.7. The van der Waals surface area contributed by atoms with Crippen molar-refractivity contribution in [2.45, 2.75) is 32.6 Å². The van der Waals surface area contributed by atoms with E-state index in [2.05, 4.69) is 42.3 Å². The lowest BCUT2D eigenvalue weighted by atomic mass is 9.89. The van der Waals surface area contributed by atoms with Crippen molar-refractivity contribution >= 4 is 10.9 Å². The minimum Gasteiger partial charge on any atom is -0.316 e. The summed E-state index contributed by atoms with van der Waals surface area (Å²) in [5, 5.41) is 4.81. The van der Waals surface area contributed by atoms with Gasteiger partial charge in [-0.2, -0.15) is 0 Å². The van der Waals surface area contributed by atoms with Crippen molar-refractivity contribution in [1.29, 1.82) is 0 Å². The summed E-state index contributed by atoms with van der Waals surface area (Å²) < 4.78 is 0. The summed E-state index contributed by atoms with van der Waals surface area (Å²) in [6.45, 7) is 6.54. The molecule has 0 amide bonds. The Kier molecular flexibility index (Phi) is 3.04. The van der Waals surface area contributed by atoms with Crippen molar-refractivity contribution in [3.8, 4) is 0 Å². The third-order valence-electron chi connectivity index (χ3n) is 3.97. The van der Waals surface area contributed by atoms with Gasteiger partial charge >= 0.3 is 0 Å². The molecule has 1 aliphatic rings. The zero-order valence-corrected chi connectivity index (χ0v) is 11.2. The van der Waals surface area contributed by atoms with Gasteiger partial charge < -0.3 is 5.32 Å². The largest absolute Gasteiger partial charge is 0.316 e. The fourth-order valence-electron chi connectivity index (χ4n) is 2.93. The Balaban J connectivity index is 2.14. The fraction of sp³-hybridized carbons (Fsp3) is 0.438. The van der Waals surface area contributed by atoms with Gasteiger partial charge in [0.1, 0.15) is 0 Å². The smallest absolute Gasteiger partial charge is 0.0740 e. The van der Waals surface area contributed by atoms with Crippen LogP contribution in [0, 0.1) is 13.8 Å². The number of hydrogen-bond donors (Lipinski definition) is 1. The average molecular weight is 240 g/mol. The van der Waals surface area contributed by atoms with Crippen molar-refractivity contribution in [3.63, 3.8) is 0 Å². The van der Waals surface area contributed by atoms with E-state index in [9.17, 15) is 0 Å². The first-order valence-corrected chi connectivity index (χ1v) is 6.82. The summed E-state index contributed by atoms with van der Waals surface area (Å²) in [6.07, 6.45) is 4.54. The Labute approximate surface area is 108 Å². The molecule has 0 aliphatic carbocycles. The van der Waals surface area contributed by atoms with E-state index >= 15 is 0 Å². The number of nitrogens with zero attached hydrogens (tertiary/aromatic N) is 1. The van der Waals surface area contributed by atoms with E-state index in [-0.39, 0.29) is 0 Å². The van der Waals surface area contributed by atoms with Gasteiger partial charge in [-0.05, 0) is 61.9 Å². The first-order valence-electron chi connectivity index (χ1n) is 6.82. The maximum absolute atomic E-state index is 4.69. The number of benzene rings is 1. The molecule has 2 aromatic rings. The lowest BCUT2D eigenvalue weighted by Gasteiger charge is -2.24. The lowest BCUT2D eigenvalue weighted by molar-refractivity contribution is 0.463. The molecule has 1 aromatic heterocycles. The molecule has 0 spiro atoms. The van der Waals surface area contributed by atoms with Crippen LogP contribution in [0.5, 0.6) is 0 Å². The van der Waals surface area contributed by atoms with Crippen LogP contribution in [0.4, 0.5) is 0 Å². The topological polar surface area (TPSA) is 24.9 Å². The van der Waals surface area contributed by atoms with Crippen molar-refractivity contribution in [2.75, 3.05) is 13.1 Å². The standard InChI is InChI=1S/C16H20N2/c1-11-8-15-12(2)5-6-14(16(15)18-9-11)13-4-3-7-17-10-13/h5-6,8-9,13,17H,3-4,7,10H2,1-2H3. The van der Waals surface area contributed by atoms with Gasteiger partial charge in [0.15, 0.2) is 0 Å². The quantitative estimate of drug-likeness (QED) is 0.827. The number of pyridine rings is 1. The molecule has 2 heteroatoms. The fourth-order valence-corrected chi connectivity index (χ4v) is 2.93. The number of hydrogen-bond acceptors (Lipinski definition) is 2. The highest BCUT2D eigenvalue weighted by Crippen LogP contribution is 2.30. The van der Waals surface area contributed by atoms with Gasteiger partial charge in [-0.25, -0.2) is 0 Å². The molecule has 18 heavy (non-hydrogen) atoms. The van der Waals surface area contributed by atoms with Crippen LogP contribution < -0.4 is 5.32 Å². The normalized spacial score (nSPS) is 20.2. The van der Waals surface area contributed by atoms with Crippen LogP contribution in [0.25, 0.3) is 10.9 Å². The van der Waals surface area contributed by atoms with E-state index in [0.29, 0.717) is 5.92 Å². The second kappa shape index (κ2) is 4.69. The number of aromatic nitrogens is 1. The van der Waals surface area contributed by atoms with Gasteiger partial charge in [0, 0.05) is 18.1 Å². The van der Waals surface area contributed by atoms with Crippen molar-refractivity contribution in [1.82, 2.24) is 10.3 Å². The van der Waals surface area contributed by atoms with E-state index in [1.165, 1.54) is 40.4 Å². The van der Waals surface area contributed by atoms with Crippen LogP contribution in [-0.2, 0) is 0 Å². The first-order chi connectivity index (χ1) is 8.75. The van der Waals surface area contributed by atoms with E-state index in [1.54, 1.807) is 0 Å². The minimum absolute atomic E-state index is 0.622. The average Bonchev–Trinajstić information content (AvgIpc) is 2.41. The molecule has 1 aliphatic heterocycles. The van der Waals surface area contributed by atoms with Gasteiger partial charge in [0.25, 0.3) is 0 Å². The number of aryl methyl sites for hydroxylation is 2. The van der Waals surface area contributed by atoms with Gasteiger partial charge in [0.05, 0.1) is 5.52 Å². The van der Waals surface area contributed by atoms with Gasteiger partial charge in [0.2, 0.25) is 0 Å². The number of nitrogens with one attached hydrogen (secondary N) is 1. The predicted octanol–water partition coefficient (Wildman–Crippen LogP) is 3.32. The summed E-state index contributed by atoms with van der Waals surface area (Å²) in [4.78, 5) is 4.69. The monoisotopic (exact) mass is 240 g/mol. The molecule has 2 nitrogen and oxygen atoms in total. The van der Waals surface area contributed by atoms with E-state index in [0.717, 1.165) is 13.1 Å². The molecule has 0 bridgehead atoms. The van der Waals surface area contributed by atoms with Gasteiger partial charge in [-0.15, -0.1) is 0 Å². The van der Waals surface area contributed by atoms with E-state index < -0.39 is 0 Å². The van der Waals surface area contributed by atoms with Crippen molar-refractivity contribution < 1.29 is 0 Å². The number of fused-ring (bicyclic) bond motifs is 1. The van der Waals surface area contributed by atoms with Crippen molar-refractivity contribution in [2.24, 2.45) is 0 Å². The molecule has 2 heterocycles. The molecule has 1 aromatic carbocycles. The zero-order valence-electron chi connectivity index (χ0n) is 11.2. The molecular weight excluding hydrogens is 220 g/mol. The van der Waals surface area contributed by atoms with Gasteiger partial charge in [-0.3, -0.25) is 4.98 Å². The van der Waals surface area contributed by atoms with E-state index in [1.807, 2.05) is 6.20 Å². The molecule has 94 valence electrons. The number of piperidine rings is 1. The third-order valence-corrected chi connectivity index (χ3v) is 3.97. The van der Waals surface area contributed by atoms with Crippen LogP contribution in [0.15, 0.2) is 24.4 Å². The second-order valence-corrected chi connectivity index (χ2v) is 5.42. The Morgan fingerprint density at radius 2 is 2.17 bits per heavy atom. The molecule has 1 N–H and O–H groups in total. The minimum atomic E-state index is 0.622. The molecule has 1 atom stereocenters. The van der Waals surface area contributed by atoms with Crippen LogP contribution in [0.1, 0.15) is 35.4 Å². The molecule has 1 saturated heterocycles. The predicted molar refractivity (Wildman–Crippen MR) is 76.1 cm³/mol. The van der Waals surface area contributed by atoms with E-state index in [4.69, 9.17) is 0 Å². The Hall–Kier alpha value is -1.41. The maximum Gasteiger partial charge on any atom is 0.0740 e. The summed E-state index contributed by atoms with van der Waals surface area (Å²) >= 11 is 0. The Morgan fingerprint density at radius 3 is 2.94 bits per heavy atom. The Morgan fingerprint density at radius 1 is 1.28 bits per heavy atom. The van der Waals surface area contributed by atoms with Crippen molar-refractivity contribution in [3.05, 3.63) is 41.1 Å². The van der Waals surface area contributed by atoms with Gasteiger partial charge in [-0.1, -0.05) is 12.1 Å². The highest BCUT2D eigenvalue weighted by atomic mass is 14.9. The van der Waals surface area contributed by atoms with Crippen LogP contribution in [-0.4, -0.2) is 18.1 Å². The van der Waals surface area contributed by atoms with Crippen LogP contribution in [0.2, 0.25) is 0 Å². The van der Waals surface area contributed by atoms with Crippen LogP contribution >= 0.6 is 0 Å². The molecule has 0 saturated carbocycles. The molecule has 0 radical (unpaired) electrons. The molecule has 1 fully saturated rings. The summed E-state index contributed by atoms with van der Waals surface area (Å²) in [7, 11) is 0. The summed E-state index contributed by atoms with van der Waals surface area (Å²) in [5.41, 5.74) is 5.19. The SMILES string of the molecule is Cc1cnc2c(C3CCCNC3)ccc(C)c2c1. The summed E-state index contributed by atoms with van der Waals surface area (Å²) in [5.74, 6) is 0.622. The lowest BCUT2D eigenvalue weighted by Crippen LogP contribution is -2.28. The molecular formula is C16H20N2. The highest BCUT2D eigenvalue weighted by Gasteiger charge is 2.18. The summed E-state index contributed by atoms with van der Waals surface area (Å²) in [6, 6.07) is 6.78. The molecule has 1 unspecified atom stereocenters. The maximum atomic E-state index is 4.69. The highest BCUT2D eigenvalue weighted by molar-refractivity contribution is 5.85. The van der Waals surface area contributed by atoms with Crippen LogP contribution in [0.3, 0.4) is 0 Å². The second-order valence-electron chi connectivity index (χ2n) is 5.42. The number of rotatable bonds is 1. The third kappa shape index (κ3) is 2.01. The zero-order chi connectivity index (χ0) is 12.5. The Bertz CT molecular complexity index is 569.